The standard InChI is InChI=1S/C20H19BrF2N2O4/c1-25(12-18(26)24-15-6-4-3-5-14(15)21)19(27)10-8-13-7-9-16(29-20(22)23)17(11-13)28-2/h3-11,20H,12H2,1-2H3,(H,24,26)/b10-8+. The smallest absolute Gasteiger partial charge is 0.387 e. The summed E-state index contributed by atoms with van der Waals surface area (Å²) in [5, 5.41) is 2.71. The summed E-state index contributed by atoms with van der Waals surface area (Å²) in [6.07, 6.45) is 2.76. The van der Waals surface area contributed by atoms with Gasteiger partial charge in [0.25, 0.3) is 0 Å². The van der Waals surface area contributed by atoms with Gasteiger partial charge < -0.3 is 19.7 Å². The summed E-state index contributed by atoms with van der Waals surface area (Å²) in [4.78, 5) is 25.6. The van der Waals surface area contributed by atoms with Crippen LogP contribution < -0.4 is 14.8 Å². The lowest BCUT2D eigenvalue weighted by molar-refractivity contribution is -0.129. The number of hydrogen-bond acceptors (Lipinski definition) is 4. The number of ether oxygens (including phenoxy) is 2. The maximum Gasteiger partial charge on any atom is 0.387 e. The molecule has 29 heavy (non-hydrogen) atoms. The van der Waals surface area contributed by atoms with Gasteiger partial charge in [-0.15, -0.1) is 0 Å². The van der Waals surface area contributed by atoms with E-state index < -0.39 is 12.5 Å². The van der Waals surface area contributed by atoms with Gasteiger partial charge in [-0.05, 0) is 51.8 Å². The van der Waals surface area contributed by atoms with Crippen LogP contribution in [0.25, 0.3) is 6.08 Å². The molecule has 0 bridgehead atoms. The molecule has 1 N–H and O–H groups in total. The monoisotopic (exact) mass is 468 g/mol. The number of hydrogen-bond donors (Lipinski definition) is 1. The van der Waals surface area contributed by atoms with Gasteiger partial charge in [0, 0.05) is 17.6 Å². The molecular formula is C20H19BrF2N2O4. The number of rotatable bonds is 8. The summed E-state index contributed by atoms with van der Waals surface area (Å²) in [6, 6.07) is 11.4. The summed E-state index contributed by atoms with van der Waals surface area (Å²) >= 11 is 3.33. The van der Waals surface area contributed by atoms with Gasteiger partial charge in [-0.3, -0.25) is 9.59 Å². The number of halogens is 3. The molecular weight excluding hydrogens is 450 g/mol. The van der Waals surface area contributed by atoms with Crippen molar-refractivity contribution in [2.24, 2.45) is 0 Å². The highest BCUT2D eigenvalue weighted by Gasteiger charge is 2.13. The summed E-state index contributed by atoms with van der Waals surface area (Å²) in [6.45, 7) is -3.11. The Balaban J connectivity index is 1.97. The third-order valence-corrected chi connectivity index (χ3v) is 4.42. The molecule has 2 amide bonds. The quantitative estimate of drug-likeness (QED) is 0.590. The molecule has 9 heteroatoms. The van der Waals surface area contributed by atoms with Gasteiger partial charge in [-0.2, -0.15) is 8.78 Å². The molecule has 154 valence electrons. The second-order valence-electron chi connectivity index (χ2n) is 5.84. The van der Waals surface area contributed by atoms with Crippen molar-refractivity contribution in [1.82, 2.24) is 4.90 Å². The Morgan fingerprint density at radius 1 is 1.21 bits per heavy atom. The van der Waals surface area contributed by atoms with E-state index in [1.165, 1.54) is 49.4 Å². The first kappa shape index (κ1) is 22.4. The molecule has 0 aliphatic heterocycles. The van der Waals surface area contributed by atoms with E-state index in [1.54, 1.807) is 18.2 Å². The molecule has 2 aromatic carbocycles. The first-order valence-corrected chi connectivity index (χ1v) is 9.20. The van der Waals surface area contributed by atoms with E-state index in [9.17, 15) is 18.4 Å². The lowest BCUT2D eigenvalue weighted by Gasteiger charge is -2.15. The Labute approximate surface area is 175 Å². The van der Waals surface area contributed by atoms with Gasteiger partial charge in [-0.1, -0.05) is 18.2 Å². The van der Waals surface area contributed by atoms with Crippen molar-refractivity contribution in [1.29, 1.82) is 0 Å². The summed E-state index contributed by atoms with van der Waals surface area (Å²) < 4.78 is 34.8. The van der Waals surface area contributed by atoms with Crippen LogP contribution in [0.15, 0.2) is 53.0 Å². The molecule has 0 aromatic heterocycles. The van der Waals surface area contributed by atoms with Crippen LogP contribution in [0.1, 0.15) is 5.56 Å². The molecule has 0 aliphatic rings. The summed E-state index contributed by atoms with van der Waals surface area (Å²) in [5.41, 5.74) is 1.15. The average Bonchev–Trinajstić information content (AvgIpc) is 2.68. The van der Waals surface area contributed by atoms with Crippen LogP contribution in [0, 0.1) is 0 Å². The summed E-state index contributed by atoms with van der Waals surface area (Å²) in [7, 11) is 2.82. The van der Waals surface area contributed by atoms with Crippen LogP contribution in [0.5, 0.6) is 11.5 Å². The van der Waals surface area contributed by atoms with E-state index in [2.05, 4.69) is 26.0 Å². The Kier molecular flexibility index (Phi) is 8.14. The van der Waals surface area contributed by atoms with Gasteiger partial charge in [-0.25, -0.2) is 0 Å². The number of para-hydroxylation sites is 1. The van der Waals surface area contributed by atoms with Gasteiger partial charge in [0.15, 0.2) is 11.5 Å². The normalized spacial score (nSPS) is 10.8. The zero-order valence-electron chi connectivity index (χ0n) is 15.7. The number of alkyl halides is 2. The first-order chi connectivity index (χ1) is 13.8. The number of benzene rings is 2. The van der Waals surface area contributed by atoms with Gasteiger partial charge in [0.1, 0.15) is 0 Å². The van der Waals surface area contributed by atoms with Crippen LogP contribution in [0.3, 0.4) is 0 Å². The van der Waals surface area contributed by atoms with E-state index >= 15 is 0 Å². The first-order valence-electron chi connectivity index (χ1n) is 8.40. The maximum absolute atomic E-state index is 12.4. The fourth-order valence-electron chi connectivity index (χ4n) is 2.32. The zero-order valence-corrected chi connectivity index (χ0v) is 17.3. The maximum atomic E-state index is 12.4. The molecule has 2 rings (SSSR count). The van der Waals surface area contributed by atoms with Gasteiger partial charge in [0.05, 0.1) is 19.3 Å². The molecule has 6 nitrogen and oxygen atoms in total. The van der Waals surface area contributed by atoms with Crippen molar-refractivity contribution in [3.8, 4) is 11.5 Å². The lowest BCUT2D eigenvalue weighted by Crippen LogP contribution is -2.33. The minimum atomic E-state index is -2.97. The summed E-state index contributed by atoms with van der Waals surface area (Å²) in [5.74, 6) is -0.747. The fourth-order valence-corrected chi connectivity index (χ4v) is 2.71. The molecule has 0 heterocycles. The Bertz CT molecular complexity index is 906. The minimum Gasteiger partial charge on any atom is -0.493 e. The van der Waals surface area contributed by atoms with Gasteiger partial charge in [0.2, 0.25) is 11.8 Å². The number of carbonyl (C=O) groups is 2. The molecule has 0 radical (unpaired) electrons. The average molecular weight is 469 g/mol. The molecule has 0 aliphatic carbocycles. The van der Waals surface area contributed by atoms with E-state index in [0.717, 1.165) is 4.47 Å². The highest BCUT2D eigenvalue weighted by Crippen LogP contribution is 2.29. The zero-order chi connectivity index (χ0) is 21.4. The van der Waals surface area contributed by atoms with Crippen molar-refractivity contribution in [3.63, 3.8) is 0 Å². The number of methoxy groups -OCH3 is 1. The third kappa shape index (κ3) is 6.86. The molecule has 0 atom stereocenters. The SMILES string of the molecule is COc1cc(/C=C/C(=O)N(C)CC(=O)Nc2ccccc2Br)ccc1OC(F)F. The van der Waals surface area contributed by atoms with Gasteiger partial charge >= 0.3 is 6.61 Å². The molecule has 0 unspecified atom stereocenters. The van der Waals surface area contributed by atoms with E-state index in [-0.39, 0.29) is 24.0 Å². The van der Waals surface area contributed by atoms with Crippen LogP contribution in [-0.4, -0.2) is 44.0 Å². The largest absolute Gasteiger partial charge is 0.493 e. The number of nitrogens with zero attached hydrogens (tertiary/aromatic N) is 1. The topological polar surface area (TPSA) is 67.9 Å². The number of amides is 2. The Morgan fingerprint density at radius 3 is 2.59 bits per heavy atom. The molecule has 0 saturated carbocycles. The molecule has 0 spiro atoms. The van der Waals surface area contributed by atoms with Crippen molar-refractivity contribution < 1.29 is 27.8 Å². The van der Waals surface area contributed by atoms with E-state index in [1.807, 2.05) is 6.07 Å². The predicted molar refractivity (Wildman–Crippen MR) is 109 cm³/mol. The van der Waals surface area contributed by atoms with Crippen LogP contribution in [0.2, 0.25) is 0 Å². The van der Waals surface area contributed by atoms with Crippen molar-refractivity contribution in [3.05, 3.63) is 58.6 Å². The second kappa shape index (κ2) is 10.6. The molecule has 0 fully saturated rings. The number of likely N-dealkylation sites (N-methyl/N-ethyl adjacent to an activating group) is 1. The highest BCUT2D eigenvalue weighted by atomic mass is 79.9. The van der Waals surface area contributed by atoms with Crippen LogP contribution in [-0.2, 0) is 9.59 Å². The lowest BCUT2D eigenvalue weighted by atomic mass is 10.2. The molecule has 0 saturated heterocycles. The van der Waals surface area contributed by atoms with Crippen molar-refractivity contribution >= 4 is 39.5 Å². The molecule has 2 aromatic rings. The predicted octanol–water partition coefficient (Wildman–Crippen LogP) is 4.17. The van der Waals surface area contributed by atoms with Crippen molar-refractivity contribution in [2.45, 2.75) is 6.61 Å². The fraction of sp³-hybridized carbons (Fsp3) is 0.200. The Morgan fingerprint density at radius 2 is 1.93 bits per heavy atom. The Hall–Kier alpha value is -2.94. The second-order valence-corrected chi connectivity index (χ2v) is 6.70. The van der Waals surface area contributed by atoms with Crippen molar-refractivity contribution in [2.75, 3.05) is 26.0 Å². The third-order valence-electron chi connectivity index (χ3n) is 3.73. The number of anilines is 1. The highest BCUT2D eigenvalue weighted by molar-refractivity contribution is 9.10. The van der Waals surface area contributed by atoms with Crippen LogP contribution >= 0.6 is 15.9 Å². The van der Waals surface area contributed by atoms with E-state index in [4.69, 9.17) is 4.74 Å². The van der Waals surface area contributed by atoms with Crippen LogP contribution in [0.4, 0.5) is 14.5 Å². The van der Waals surface area contributed by atoms with E-state index in [0.29, 0.717) is 11.3 Å². The number of nitrogens with one attached hydrogen (secondary N) is 1. The number of carbonyl (C=O) groups excluding carboxylic acids is 2. The minimum absolute atomic E-state index is 0.105.